The Hall–Kier alpha value is -1.67. The second kappa shape index (κ2) is 9.91. The van der Waals surface area contributed by atoms with Crippen molar-refractivity contribution < 1.29 is 48.5 Å². The van der Waals surface area contributed by atoms with Gasteiger partial charge in [-0.15, -0.1) is 0 Å². The van der Waals surface area contributed by atoms with E-state index in [0.717, 1.165) is 0 Å². The first-order valence-corrected chi connectivity index (χ1v) is 15.3. The predicted octanol–water partition coefficient (Wildman–Crippen LogP) is 0.341. The van der Waals surface area contributed by atoms with Crippen LogP contribution in [-0.4, -0.2) is 136 Å². The lowest BCUT2D eigenvalue weighted by Crippen LogP contribution is -2.81. The Labute approximate surface area is 252 Å². The molecule has 2 unspecified atom stereocenters. The molecule has 11 nitrogen and oxygen atoms in total. The Morgan fingerprint density at radius 1 is 1.00 bits per heavy atom. The number of likely N-dealkylation sites (tertiary alicyclic amines) is 1. The molecule has 11 heteroatoms. The standard InChI is InChI=1S/C32H45NO10/c1-33-14-29(15-38-2)18(34)12-19(39-3)31-17-13-30(37)26(43-28(36)16-10-8-7-9-11-16)20(17)32(42-6,25(35)27(30)41-5)21(24(31)33)22(40-4)23(29)31/h7-11,17-27,34-35,37H,12-15H2,1-6H3/t17-,18-,19?,20-,21+,22+,23-,24-,25+,26-,27+,29+,30-,31?,32-/m1/s1. The Bertz CT molecular complexity index is 1250. The van der Waals surface area contributed by atoms with Crippen LogP contribution in [0.3, 0.4) is 0 Å². The maximum absolute atomic E-state index is 13.6. The number of fused-ring (bicyclic) bond motifs is 2. The first-order valence-electron chi connectivity index (χ1n) is 15.3. The first-order chi connectivity index (χ1) is 20.6. The van der Waals surface area contributed by atoms with Gasteiger partial charge in [-0.1, -0.05) is 18.2 Å². The molecular weight excluding hydrogens is 558 g/mol. The molecule has 5 saturated carbocycles. The van der Waals surface area contributed by atoms with Crippen LogP contribution in [-0.2, 0) is 28.4 Å². The molecule has 1 aromatic carbocycles. The van der Waals surface area contributed by atoms with Crippen molar-refractivity contribution in [2.75, 3.05) is 55.7 Å². The fraction of sp³-hybridized carbons (Fsp3) is 0.781. The van der Waals surface area contributed by atoms with Crippen LogP contribution in [0.4, 0.5) is 0 Å². The lowest BCUT2D eigenvalue weighted by Gasteiger charge is -2.70. The lowest BCUT2D eigenvalue weighted by molar-refractivity contribution is -0.324. The number of hydrogen-bond acceptors (Lipinski definition) is 11. The number of methoxy groups -OCH3 is 5. The smallest absolute Gasteiger partial charge is 0.338 e. The van der Waals surface area contributed by atoms with Gasteiger partial charge in [0.25, 0.3) is 0 Å². The Morgan fingerprint density at radius 2 is 1.72 bits per heavy atom. The number of piperidine rings is 1. The lowest BCUT2D eigenvalue weighted by atomic mass is 9.42. The van der Waals surface area contributed by atoms with Crippen molar-refractivity contribution >= 4 is 5.97 Å². The highest BCUT2D eigenvalue weighted by Gasteiger charge is 2.91. The molecule has 0 amide bonds. The predicted molar refractivity (Wildman–Crippen MR) is 151 cm³/mol. The molecule has 1 aromatic rings. The number of carbonyl (C=O) groups is 1. The maximum atomic E-state index is 13.6. The fourth-order valence-electron chi connectivity index (χ4n) is 12.1. The summed E-state index contributed by atoms with van der Waals surface area (Å²) in [5, 5.41) is 36.9. The minimum atomic E-state index is -1.71. The highest BCUT2D eigenvalue weighted by Crippen LogP contribution is 2.80. The van der Waals surface area contributed by atoms with E-state index in [0.29, 0.717) is 25.1 Å². The number of carbonyl (C=O) groups excluding carboxylic acids is 1. The van der Waals surface area contributed by atoms with Crippen LogP contribution in [0.5, 0.6) is 0 Å². The summed E-state index contributed by atoms with van der Waals surface area (Å²) < 4.78 is 37.4. The van der Waals surface area contributed by atoms with Crippen LogP contribution in [0.2, 0.25) is 0 Å². The first kappa shape index (κ1) is 30.0. The summed E-state index contributed by atoms with van der Waals surface area (Å²) in [5.74, 6) is -2.21. The SMILES string of the molecule is COC[C@]12CN(C)[C@@H]3[C@@H]4[C@H](OC)[C@H]1C3(C(OC)C[C@H]2O)[C@@H]1C[C@@]2(O)[C@H](OC(=O)c3ccccc3)[C@@H]1[C@]4(OC)[C@@H](O)[C@@H]2OC. The third-order valence-electron chi connectivity index (χ3n) is 12.9. The quantitative estimate of drug-likeness (QED) is 0.355. The molecule has 0 radical (unpaired) electrons. The zero-order valence-electron chi connectivity index (χ0n) is 25.7. The second-order valence-corrected chi connectivity index (χ2v) is 13.9. The highest BCUT2D eigenvalue weighted by molar-refractivity contribution is 5.89. The van der Waals surface area contributed by atoms with Gasteiger partial charge in [-0.2, -0.15) is 0 Å². The van der Waals surface area contributed by atoms with Crippen LogP contribution >= 0.6 is 0 Å². The summed E-state index contributed by atoms with van der Waals surface area (Å²) in [7, 11) is 10.1. The average Bonchev–Trinajstić information content (AvgIpc) is 3.38. The molecule has 1 spiro atoms. The topological polar surface area (TPSA) is 136 Å². The monoisotopic (exact) mass is 603 g/mol. The van der Waals surface area contributed by atoms with Gasteiger partial charge in [-0.25, -0.2) is 4.79 Å². The molecule has 43 heavy (non-hydrogen) atoms. The molecule has 1 saturated heterocycles. The van der Waals surface area contributed by atoms with Gasteiger partial charge in [0.05, 0.1) is 30.5 Å². The molecular formula is C32H45NO10. The van der Waals surface area contributed by atoms with E-state index < -0.39 is 76.5 Å². The molecule has 1 heterocycles. The fourth-order valence-corrected chi connectivity index (χ4v) is 12.1. The minimum absolute atomic E-state index is 0.189. The number of hydrogen-bond donors (Lipinski definition) is 3. The van der Waals surface area contributed by atoms with Crippen molar-refractivity contribution in [2.24, 2.45) is 34.5 Å². The zero-order valence-corrected chi connectivity index (χ0v) is 25.7. The van der Waals surface area contributed by atoms with Gasteiger partial charge in [-0.3, -0.25) is 0 Å². The van der Waals surface area contributed by atoms with E-state index in [-0.39, 0.29) is 24.3 Å². The van der Waals surface area contributed by atoms with Gasteiger partial charge in [0.2, 0.25) is 0 Å². The summed E-state index contributed by atoms with van der Waals surface area (Å²) in [6.45, 7) is 0.863. The number of nitrogens with zero attached hydrogens (tertiary/aromatic N) is 1. The number of esters is 1. The number of benzene rings is 1. The third-order valence-corrected chi connectivity index (χ3v) is 12.9. The van der Waals surface area contributed by atoms with Gasteiger partial charge in [0.15, 0.2) is 0 Å². The molecule has 6 fully saturated rings. The largest absolute Gasteiger partial charge is 0.455 e. The van der Waals surface area contributed by atoms with E-state index in [1.165, 1.54) is 7.11 Å². The normalized spacial score (nSPS) is 52.7. The Morgan fingerprint density at radius 3 is 2.33 bits per heavy atom. The van der Waals surface area contributed by atoms with Crippen molar-refractivity contribution in [1.29, 1.82) is 0 Å². The number of aliphatic hydroxyl groups is 3. The summed E-state index contributed by atoms with van der Waals surface area (Å²) in [5.41, 5.74) is -4.01. The van der Waals surface area contributed by atoms with Crippen molar-refractivity contribution in [2.45, 2.75) is 66.7 Å². The van der Waals surface area contributed by atoms with E-state index in [2.05, 4.69) is 4.90 Å². The molecule has 0 aromatic heterocycles. The van der Waals surface area contributed by atoms with E-state index in [4.69, 9.17) is 28.4 Å². The van der Waals surface area contributed by atoms with Crippen LogP contribution in [0, 0.1) is 34.5 Å². The van der Waals surface area contributed by atoms with E-state index in [1.807, 2.05) is 13.1 Å². The maximum Gasteiger partial charge on any atom is 0.338 e. The molecule has 3 N–H and O–H groups in total. The average molecular weight is 604 g/mol. The van der Waals surface area contributed by atoms with E-state index in [9.17, 15) is 20.1 Å². The Balaban J connectivity index is 1.49. The summed E-state index contributed by atoms with van der Waals surface area (Å²) in [4.78, 5) is 15.9. The molecule has 7 bridgehead atoms. The number of aliphatic hydroxyl groups excluding tert-OH is 2. The molecule has 238 valence electrons. The summed E-state index contributed by atoms with van der Waals surface area (Å²) in [6, 6.07) is 8.51. The Kier molecular flexibility index (Phi) is 6.92. The zero-order chi connectivity index (χ0) is 30.7. The second-order valence-electron chi connectivity index (χ2n) is 13.9. The molecule has 7 rings (SSSR count). The molecule has 1 aliphatic heterocycles. The van der Waals surface area contributed by atoms with Gasteiger partial charge in [0, 0.05) is 83.1 Å². The van der Waals surface area contributed by atoms with Crippen molar-refractivity contribution in [1.82, 2.24) is 4.90 Å². The molecule has 5 aliphatic carbocycles. The van der Waals surface area contributed by atoms with Gasteiger partial charge >= 0.3 is 5.97 Å². The molecule has 15 atom stereocenters. The van der Waals surface area contributed by atoms with Crippen molar-refractivity contribution in [3.05, 3.63) is 35.9 Å². The minimum Gasteiger partial charge on any atom is -0.455 e. The highest BCUT2D eigenvalue weighted by atomic mass is 16.6. The number of rotatable bonds is 8. The third kappa shape index (κ3) is 3.24. The van der Waals surface area contributed by atoms with Crippen LogP contribution in [0.25, 0.3) is 0 Å². The summed E-state index contributed by atoms with van der Waals surface area (Å²) >= 11 is 0. The van der Waals surface area contributed by atoms with Gasteiger partial charge in [-0.05, 0) is 31.5 Å². The van der Waals surface area contributed by atoms with Crippen LogP contribution in [0.1, 0.15) is 23.2 Å². The summed E-state index contributed by atoms with van der Waals surface area (Å²) in [6.07, 6.45) is -4.43. The van der Waals surface area contributed by atoms with Gasteiger partial charge < -0.3 is 48.6 Å². The molecule has 6 aliphatic rings. The van der Waals surface area contributed by atoms with E-state index >= 15 is 0 Å². The van der Waals surface area contributed by atoms with E-state index in [1.54, 1.807) is 52.7 Å². The van der Waals surface area contributed by atoms with Crippen LogP contribution in [0.15, 0.2) is 30.3 Å². The van der Waals surface area contributed by atoms with Crippen LogP contribution < -0.4 is 0 Å². The van der Waals surface area contributed by atoms with Crippen molar-refractivity contribution in [3.63, 3.8) is 0 Å². The van der Waals surface area contributed by atoms with Gasteiger partial charge in [0.1, 0.15) is 29.5 Å². The van der Waals surface area contributed by atoms with Crippen molar-refractivity contribution in [3.8, 4) is 0 Å². The number of ether oxygens (including phenoxy) is 6.